The largest absolute Gasteiger partial charge is 0.495 e. The number of imidazole rings is 1. The lowest BCUT2D eigenvalue weighted by atomic mass is 10.0. The van der Waals surface area contributed by atoms with Gasteiger partial charge in [0.1, 0.15) is 22.8 Å². The number of H-pyrrole nitrogens is 1. The summed E-state index contributed by atoms with van der Waals surface area (Å²) in [7, 11) is 9.59. The van der Waals surface area contributed by atoms with Gasteiger partial charge in [-0.1, -0.05) is 12.1 Å². The van der Waals surface area contributed by atoms with Gasteiger partial charge in [0.05, 0.1) is 42.7 Å². The number of hydrogen-bond donors (Lipinski definition) is 2. The number of methoxy groups -OCH3 is 1. The summed E-state index contributed by atoms with van der Waals surface area (Å²) in [5.41, 5.74) is 4.37. The number of carbonyl (C=O) groups is 3. The highest BCUT2D eigenvalue weighted by Crippen LogP contribution is 2.32. The number of nitrogens with zero attached hydrogens (tertiary/aromatic N) is 6. The van der Waals surface area contributed by atoms with Crippen LogP contribution in [0, 0.1) is 6.92 Å². The number of hydrogen-bond acceptors (Lipinski definition) is 9. The molecule has 0 aliphatic carbocycles. The minimum absolute atomic E-state index is 0. The fourth-order valence-electron chi connectivity index (χ4n) is 7.53. The third-order valence-corrected chi connectivity index (χ3v) is 11.1. The van der Waals surface area contributed by atoms with Crippen molar-refractivity contribution in [3.63, 3.8) is 0 Å². The lowest BCUT2D eigenvalue weighted by Crippen LogP contribution is -2.47. The Bertz CT molecular complexity index is 2000. The van der Waals surface area contributed by atoms with Crippen LogP contribution in [-0.2, 0) is 11.3 Å². The third-order valence-electron chi connectivity index (χ3n) is 11.1. The van der Waals surface area contributed by atoms with E-state index in [1.54, 1.807) is 36.2 Å². The number of anilines is 2. The number of aromatic nitrogens is 2. The van der Waals surface area contributed by atoms with Crippen molar-refractivity contribution in [2.45, 2.75) is 58.0 Å². The van der Waals surface area contributed by atoms with Gasteiger partial charge in [0.2, 0.25) is 5.91 Å². The van der Waals surface area contributed by atoms with Crippen LogP contribution in [0.2, 0.25) is 0 Å². The predicted molar refractivity (Wildman–Crippen MR) is 243 cm³/mol. The van der Waals surface area contributed by atoms with Crippen LogP contribution in [0.3, 0.4) is 0 Å². The number of para-hydroxylation sites is 1. The van der Waals surface area contributed by atoms with E-state index in [1.807, 2.05) is 42.2 Å². The Morgan fingerprint density at radius 2 is 1.61 bits per heavy atom. The molecule has 59 heavy (non-hydrogen) atoms. The first kappa shape index (κ1) is 49.3. The number of likely N-dealkylation sites (tertiary alicyclic amines) is 1. The molecule has 1 aromatic heterocycles. The van der Waals surface area contributed by atoms with E-state index in [1.165, 1.54) is 7.11 Å². The van der Waals surface area contributed by atoms with E-state index < -0.39 is 0 Å². The van der Waals surface area contributed by atoms with E-state index >= 15 is 0 Å². The van der Waals surface area contributed by atoms with Crippen LogP contribution in [0.1, 0.15) is 70.6 Å². The molecular weight excluding hydrogens is 815 g/mol. The van der Waals surface area contributed by atoms with Crippen LogP contribution in [-0.4, -0.2) is 135 Å². The van der Waals surface area contributed by atoms with Crippen molar-refractivity contribution in [3.05, 3.63) is 77.1 Å². The summed E-state index contributed by atoms with van der Waals surface area (Å²) in [6.07, 6.45) is 5.30. The molecule has 0 unspecified atom stereocenters. The number of unbranched alkanes of at least 4 members (excludes halogenated alkanes) is 2. The second kappa shape index (κ2) is 23.0. The fraction of sp³-hybridized carbons (Fsp3) is 0.488. The molecule has 0 spiro atoms. The molecule has 6 rings (SSSR count). The van der Waals surface area contributed by atoms with Crippen LogP contribution in [0.15, 0.2) is 54.6 Å². The Kier molecular flexibility index (Phi) is 19.2. The van der Waals surface area contributed by atoms with E-state index in [0.717, 1.165) is 88.3 Å². The summed E-state index contributed by atoms with van der Waals surface area (Å²) in [4.78, 5) is 58.8. The molecule has 324 valence electrons. The van der Waals surface area contributed by atoms with Crippen LogP contribution in [0.25, 0.3) is 11.0 Å². The van der Waals surface area contributed by atoms with Gasteiger partial charge >= 0.3 is 0 Å². The molecule has 0 radical (unpaired) electrons. The average molecular weight is 876 g/mol. The molecule has 3 amide bonds. The lowest BCUT2D eigenvalue weighted by Gasteiger charge is -2.34. The maximum Gasteiger partial charge on any atom is 0.258 e. The molecule has 13 nitrogen and oxygen atoms in total. The van der Waals surface area contributed by atoms with Crippen molar-refractivity contribution in [1.82, 2.24) is 29.6 Å². The monoisotopic (exact) mass is 874 g/mol. The van der Waals surface area contributed by atoms with Gasteiger partial charge < -0.3 is 39.4 Å². The predicted octanol–water partition coefficient (Wildman–Crippen LogP) is 6.91. The molecule has 0 saturated carbocycles. The molecule has 2 saturated heterocycles. The van der Waals surface area contributed by atoms with E-state index in [4.69, 9.17) is 14.5 Å². The molecule has 2 fully saturated rings. The zero-order chi connectivity index (χ0) is 39.8. The second-order valence-corrected chi connectivity index (χ2v) is 15.4. The van der Waals surface area contributed by atoms with Gasteiger partial charge in [0, 0.05) is 64.3 Å². The fourth-order valence-corrected chi connectivity index (χ4v) is 7.53. The van der Waals surface area contributed by atoms with E-state index in [2.05, 4.69) is 46.1 Å². The normalized spacial score (nSPS) is 14.9. The van der Waals surface area contributed by atoms with Crippen LogP contribution in [0.5, 0.6) is 11.5 Å². The van der Waals surface area contributed by atoms with Crippen molar-refractivity contribution in [2.75, 3.05) is 91.4 Å². The standard InChI is InChI=1S/C43H58N8O5.3ClH/c1-30-14-17-36(38(27-30)56-26-9-7-8-13-40(52)51-24-22-48(4)23-25-51)49(5)43(54)31-15-16-34(37(28-31)55-6)45-42(53)33-11-10-12-35-41(33)46-39(44-35)29-50-20-18-32(19-21-50)47(2)3;;;/h10-12,14-17,27-28,32H,7-9,13,18-26,29H2,1-6H3,(H,44,46)(H,45,53);3*1H. The Morgan fingerprint density at radius 1 is 0.881 bits per heavy atom. The number of amides is 3. The molecule has 2 aliphatic rings. The number of nitrogens with one attached hydrogen (secondary N) is 2. The molecule has 3 heterocycles. The zero-order valence-corrected chi connectivity index (χ0v) is 37.6. The number of aromatic amines is 1. The number of carbonyl (C=O) groups excluding carboxylic acids is 3. The first-order valence-corrected chi connectivity index (χ1v) is 19.8. The van der Waals surface area contributed by atoms with Crippen LogP contribution >= 0.6 is 37.2 Å². The van der Waals surface area contributed by atoms with E-state index in [9.17, 15) is 14.4 Å². The molecule has 0 bridgehead atoms. The number of likely N-dealkylation sites (N-methyl/N-ethyl adjacent to an activating group) is 1. The van der Waals surface area contributed by atoms with Gasteiger partial charge in [-0.15, -0.1) is 37.2 Å². The highest BCUT2D eigenvalue weighted by atomic mass is 35.5. The zero-order valence-electron chi connectivity index (χ0n) is 35.1. The maximum absolute atomic E-state index is 13.8. The molecule has 4 aromatic rings. The van der Waals surface area contributed by atoms with E-state index in [-0.39, 0.29) is 54.9 Å². The number of benzene rings is 3. The van der Waals surface area contributed by atoms with Gasteiger partial charge in [-0.25, -0.2) is 4.98 Å². The Balaban J connectivity index is 0.00000310. The Hall–Kier alpha value is -4.11. The first-order valence-electron chi connectivity index (χ1n) is 19.8. The summed E-state index contributed by atoms with van der Waals surface area (Å²) < 4.78 is 11.9. The Labute approximate surface area is 367 Å². The molecule has 3 aromatic carbocycles. The third kappa shape index (κ3) is 12.7. The second-order valence-electron chi connectivity index (χ2n) is 15.4. The Morgan fingerprint density at radius 3 is 2.31 bits per heavy atom. The summed E-state index contributed by atoms with van der Waals surface area (Å²) in [6, 6.07) is 16.9. The summed E-state index contributed by atoms with van der Waals surface area (Å²) in [6.45, 7) is 8.63. The number of fused-ring (bicyclic) bond motifs is 1. The van der Waals surface area contributed by atoms with Crippen molar-refractivity contribution in [1.29, 1.82) is 0 Å². The smallest absolute Gasteiger partial charge is 0.258 e. The van der Waals surface area contributed by atoms with Gasteiger partial charge in [0.25, 0.3) is 11.8 Å². The number of ether oxygens (including phenoxy) is 2. The van der Waals surface area contributed by atoms with Crippen molar-refractivity contribution < 1.29 is 23.9 Å². The van der Waals surface area contributed by atoms with Gasteiger partial charge in [-0.2, -0.15) is 0 Å². The first-order chi connectivity index (χ1) is 27.0. The van der Waals surface area contributed by atoms with Crippen molar-refractivity contribution in [2.24, 2.45) is 0 Å². The topological polar surface area (TPSA) is 127 Å². The van der Waals surface area contributed by atoms with E-state index in [0.29, 0.717) is 65.1 Å². The maximum atomic E-state index is 13.8. The van der Waals surface area contributed by atoms with Gasteiger partial charge in [-0.3, -0.25) is 19.3 Å². The summed E-state index contributed by atoms with van der Waals surface area (Å²) in [5, 5.41) is 2.98. The van der Waals surface area contributed by atoms with Crippen LogP contribution in [0.4, 0.5) is 11.4 Å². The molecule has 0 atom stereocenters. The van der Waals surface area contributed by atoms with Gasteiger partial charge in [-0.05, 0) is 108 Å². The number of rotatable bonds is 15. The lowest BCUT2D eigenvalue weighted by molar-refractivity contribution is -0.132. The average Bonchev–Trinajstić information content (AvgIpc) is 3.61. The number of halogens is 3. The summed E-state index contributed by atoms with van der Waals surface area (Å²) >= 11 is 0. The van der Waals surface area contributed by atoms with Crippen LogP contribution < -0.4 is 19.7 Å². The van der Waals surface area contributed by atoms with Crippen molar-refractivity contribution in [3.8, 4) is 11.5 Å². The van der Waals surface area contributed by atoms with Gasteiger partial charge in [0.15, 0.2) is 0 Å². The SMILES string of the molecule is COc1cc(C(=O)N(C)c2ccc(C)cc2OCCCCCC(=O)N2CCN(C)CC2)ccc1NC(=O)c1cccc2[nH]c(CN3CCC(N(C)C)CC3)nc12.Cl.Cl.Cl. The quantitative estimate of drug-likeness (QED) is 0.123. The molecule has 16 heteroatoms. The molecular formula is C43H61Cl3N8O5. The molecule has 2 aliphatic heterocycles. The number of aryl methyl sites for hydroxylation is 1. The highest BCUT2D eigenvalue weighted by Gasteiger charge is 2.24. The molecule has 2 N–H and O–H groups in total. The summed E-state index contributed by atoms with van der Waals surface area (Å²) in [5.74, 6) is 1.47. The number of piperidine rings is 1. The highest BCUT2D eigenvalue weighted by molar-refractivity contribution is 6.12. The van der Waals surface area contributed by atoms with Crippen molar-refractivity contribution >= 4 is 77.4 Å². The minimum Gasteiger partial charge on any atom is -0.495 e. The number of piperazine rings is 1. The minimum atomic E-state index is -0.321.